The molecule has 84 valence electrons. The predicted molar refractivity (Wildman–Crippen MR) is 72.6 cm³/mol. The van der Waals surface area contributed by atoms with Crippen LogP contribution in [0.4, 0.5) is 0 Å². The van der Waals surface area contributed by atoms with Gasteiger partial charge in [0.15, 0.2) is 0 Å². The molecule has 1 N–H and O–H groups in total. The monoisotopic (exact) mass is 230 g/mol. The first-order chi connectivity index (χ1) is 7.47. The van der Waals surface area contributed by atoms with Crippen molar-refractivity contribution >= 4 is 14.1 Å². The Labute approximate surface area is 98.8 Å². The highest BCUT2D eigenvalue weighted by Gasteiger charge is 2.07. The molecule has 0 saturated heterocycles. The number of rotatable bonds is 2. The van der Waals surface area contributed by atoms with Gasteiger partial charge in [-0.2, -0.15) is 0 Å². The summed E-state index contributed by atoms with van der Waals surface area (Å²) in [5, 5.41) is 9.64. The molecule has 1 nitrogen and oxygen atoms in total. The van der Waals surface area contributed by atoms with E-state index >= 15 is 0 Å². The third kappa shape index (κ3) is 5.55. The van der Waals surface area contributed by atoms with E-state index in [0.717, 1.165) is 5.56 Å². The molecule has 0 saturated carbocycles. The minimum atomic E-state index is -1.38. The van der Waals surface area contributed by atoms with Crippen LogP contribution in [0.1, 0.15) is 5.56 Å². The minimum absolute atomic E-state index is 0.660. The maximum absolute atomic E-state index is 9.64. The average Bonchev–Trinajstić information content (AvgIpc) is 2.24. The summed E-state index contributed by atoms with van der Waals surface area (Å²) in [6.07, 6.45) is 2.96. The molecule has 0 heterocycles. The fourth-order valence-electron chi connectivity index (χ4n) is 1.10. The summed E-state index contributed by atoms with van der Waals surface area (Å²) in [4.78, 5) is 0. The Morgan fingerprint density at radius 1 is 1.19 bits per heavy atom. The van der Waals surface area contributed by atoms with E-state index in [0.29, 0.717) is 0 Å². The van der Waals surface area contributed by atoms with Crippen molar-refractivity contribution in [3.05, 3.63) is 42.0 Å². The Morgan fingerprint density at radius 2 is 1.81 bits per heavy atom. The Morgan fingerprint density at radius 3 is 2.38 bits per heavy atom. The van der Waals surface area contributed by atoms with Crippen LogP contribution in [0.25, 0.3) is 6.08 Å². The number of aliphatic hydroxyl groups excluding tert-OH is 1. The molecule has 0 spiro atoms. The van der Waals surface area contributed by atoms with Crippen molar-refractivity contribution in [3.63, 3.8) is 0 Å². The fraction of sp³-hybridized carbons (Fsp3) is 0.286. The van der Waals surface area contributed by atoms with Gasteiger partial charge in [-0.15, -0.1) is 5.54 Å². The van der Waals surface area contributed by atoms with Crippen molar-refractivity contribution in [1.82, 2.24) is 0 Å². The Kier molecular flexibility index (Phi) is 4.54. The molecule has 0 aromatic heterocycles. The lowest BCUT2D eigenvalue weighted by Gasteiger charge is -2.04. The molecule has 2 heteroatoms. The maximum Gasteiger partial charge on any atom is 0.133 e. The molecule has 0 radical (unpaired) electrons. The third-order valence-electron chi connectivity index (χ3n) is 1.87. The predicted octanol–water partition coefficient (Wildman–Crippen LogP) is 2.94. The highest BCUT2D eigenvalue weighted by Crippen LogP contribution is 2.02. The topological polar surface area (TPSA) is 20.2 Å². The van der Waals surface area contributed by atoms with Crippen molar-refractivity contribution in [2.45, 2.75) is 25.7 Å². The highest BCUT2D eigenvalue weighted by atomic mass is 28.3. The standard InChI is InChI=1S/C14H18OSi/c1-16(2,3)12-11-14(15)10-9-13-7-5-4-6-8-13/h4-10,14-15H,1-3H3/b10-9+. The number of hydrogen-bond donors (Lipinski definition) is 1. The largest absolute Gasteiger partial charge is 0.377 e. The lowest BCUT2D eigenvalue weighted by molar-refractivity contribution is 0.281. The van der Waals surface area contributed by atoms with E-state index in [-0.39, 0.29) is 0 Å². The molecule has 16 heavy (non-hydrogen) atoms. The maximum atomic E-state index is 9.64. The van der Waals surface area contributed by atoms with Crippen molar-refractivity contribution in [2.24, 2.45) is 0 Å². The second-order valence-corrected chi connectivity index (χ2v) is 9.48. The second-order valence-electron chi connectivity index (χ2n) is 4.73. The third-order valence-corrected chi connectivity index (χ3v) is 2.76. The van der Waals surface area contributed by atoms with Crippen LogP contribution in [0.5, 0.6) is 0 Å². The number of hydrogen-bond acceptors (Lipinski definition) is 1. The summed E-state index contributed by atoms with van der Waals surface area (Å²) in [6, 6.07) is 9.91. The summed E-state index contributed by atoms with van der Waals surface area (Å²) >= 11 is 0. The summed E-state index contributed by atoms with van der Waals surface area (Å²) in [7, 11) is -1.38. The van der Waals surface area contributed by atoms with Crippen molar-refractivity contribution in [2.75, 3.05) is 0 Å². The van der Waals surface area contributed by atoms with Gasteiger partial charge in [0.25, 0.3) is 0 Å². The van der Waals surface area contributed by atoms with Crippen molar-refractivity contribution in [3.8, 4) is 11.5 Å². The smallest absolute Gasteiger partial charge is 0.133 e. The van der Waals surface area contributed by atoms with Gasteiger partial charge in [0.05, 0.1) is 0 Å². The zero-order valence-electron chi connectivity index (χ0n) is 10.1. The molecule has 1 unspecified atom stereocenters. The van der Waals surface area contributed by atoms with Gasteiger partial charge in [-0.25, -0.2) is 0 Å². The van der Waals surface area contributed by atoms with Crippen LogP contribution >= 0.6 is 0 Å². The van der Waals surface area contributed by atoms with Gasteiger partial charge >= 0.3 is 0 Å². The molecule has 0 amide bonds. The van der Waals surface area contributed by atoms with Gasteiger partial charge < -0.3 is 5.11 Å². The van der Waals surface area contributed by atoms with Gasteiger partial charge in [-0.3, -0.25) is 0 Å². The molecular formula is C14H18OSi. The van der Waals surface area contributed by atoms with Crippen LogP contribution in [0.3, 0.4) is 0 Å². The van der Waals surface area contributed by atoms with Crippen LogP contribution < -0.4 is 0 Å². The molecule has 1 atom stereocenters. The zero-order chi connectivity index (χ0) is 12.0. The minimum Gasteiger partial charge on any atom is -0.377 e. The van der Waals surface area contributed by atoms with E-state index < -0.39 is 14.2 Å². The van der Waals surface area contributed by atoms with E-state index in [4.69, 9.17) is 0 Å². The molecular weight excluding hydrogens is 212 g/mol. The quantitative estimate of drug-likeness (QED) is 0.612. The average molecular weight is 230 g/mol. The summed E-state index contributed by atoms with van der Waals surface area (Å²) < 4.78 is 0. The summed E-state index contributed by atoms with van der Waals surface area (Å²) in [5.74, 6) is 2.87. The molecule has 0 fully saturated rings. The first kappa shape index (κ1) is 12.8. The highest BCUT2D eigenvalue weighted by molar-refractivity contribution is 6.83. The van der Waals surface area contributed by atoms with Crippen LogP contribution in [0, 0.1) is 11.5 Å². The van der Waals surface area contributed by atoms with Crippen LogP contribution in [-0.4, -0.2) is 19.3 Å². The zero-order valence-corrected chi connectivity index (χ0v) is 11.1. The molecule has 0 aliphatic heterocycles. The Hall–Kier alpha value is -1.30. The van der Waals surface area contributed by atoms with Crippen molar-refractivity contribution < 1.29 is 5.11 Å². The lowest BCUT2D eigenvalue weighted by atomic mass is 10.2. The number of benzene rings is 1. The van der Waals surface area contributed by atoms with Crippen LogP contribution in [0.2, 0.25) is 19.6 Å². The van der Waals surface area contributed by atoms with E-state index in [1.54, 1.807) is 6.08 Å². The SMILES string of the molecule is C[Si](C)(C)C#CC(O)/C=C/c1ccccc1. The van der Waals surface area contributed by atoms with Gasteiger partial charge in [-0.05, 0) is 11.6 Å². The molecule has 1 rings (SSSR count). The molecule has 0 bridgehead atoms. The van der Waals surface area contributed by atoms with E-state index in [9.17, 15) is 5.11 Å². The molecule has 0 aliphatic rings. The molecule has 0 aliphatic carbocycles. The lowest BCUT2D eigenvalue weighted by Crippen LogP contribution is -2.17. The Balaban J connectivity index is 2.61. The van der Waals surface area contributed by atoms with Gasteiger partial charge in [-0.1, -0.05) is 62.0 Å². The van der Waals surface area contributed by atoms with Crippen molar-refractivity contribution in [1.29, 1.82) is 0 Å². The first-order valence-electron chi connectivity index (χ1n) is 5.41. The molecule has 1 aromatic carbocycles. The Bertz CT molecular complexity index is 404. The summed E-state index contributed by atoms with van der Waals surface area (Å²) in [6.45, 7) is 6.48. The second kappa shape index (κ2) is 5.69. The first-order valence-corrected chi connectivity index (χ1v) is 8.91. The van der Waals surface area contributed by atoms with E-state index in [2.05, 4.69) is 31.1 Å². The van der Waals surface area contributed by atoms with Crippen LogP contribution in [0.15, 0.2) is 36.4 Å². The van der Waals surface area contributed by atoms with Gasteiger partial charge in [0, 0.05) is 0 Å². The van der Waals surface area contributed by atoms with Gasteiger partial charge in [0.2, 0.25) is 0 Å². The number of aliphatic hydroxyl groups is 1. The fourth-order valence-corrected chi connectivity index (χ4v) is 1.69. The van der Waals surface area contributed by atoms with Crippen LogP contribution in [-0.2, 0) is 0 Å². The molecule has 1 aromatic rings. The summed E-state index contributed by atoms with van der Waals surface area (Å²) in [5.41, 5.74) is 4.23. The van der Waals surface area contributed by atoms with E-state index in [1.807, 2.05) is 36.4 Å². The van der Waals surface area contributed by atoms with Gasteiger partial charge in [0.1, 0.15) is 14.2 Å². The normalized spacial score (nSPS) is 13.2. The van der Waals surface area contributed by atoms with E-state index in [1.165, 1.54) is 0 Å².